The van der Waals surface area contributed by atoms with Crippen molar-refractivity contribution in [3.05, 3.63) is 29.8 Å². The molecule has 0 atom stereocenters. The molecule has 0 fully saturated rings. The van der Waals surface area contributed by atoms with Crippen molar-refractivity contribution < 1.29 is 22.0 Å². The van der Waals surface area contributed by atoms with E-state index in [9.17, 15) is 22.0 Å². The van der Waals surface area contributed by atoms with Crippen LogP contribution in [0.5, 0.6) is 0 Å². The summed E-state index contributed by atoms with van der Waals surface area (Å²) in [5.74, 6) is -2.59. The molecular formula is C13H19F2N3O3S. The Morgan fingerprint density at radius 3 is 2.50 bits per heavy atom. The maximum atomic E-state index is 13.1. The monoisotopic (exact) mass is 335 g/mol. The van der Waals surface area contributed by atoms with Crippen molar-refractivity contribution in [3.8, 4) is 0 Å². The Labute approximate surface area is 128 Å². The third-order valence-electron chi connectivity index (χ3n) is 2.96. The van der Waals surface area contributed by atoms with Gasteiger partial charge in [0, 0.05) is 33.1 Å². The second-order valence-corrected chi connectivity index (χ2v) is 6.41. The maximum Gasteiger partial charge on any atom is 0.240 e. The van der Waals surface area contributed by atoms with Gasteiger partial charge in [0.2, 0.25) is 15.9 Å². The Balaban J connectivity index is 2.56. The van der Waals surface area contributed by atoms with E-state index in [1.807, 2.05) is 0 Å². The zero-order chi connectivity index (χ0) is 16.8. The predicted molar refractivity (Wildman–Crippen MR) is 77.7 cm³/mol. The molecule has 6 nitrogen and oxygen atoms in total. The fraction of sp³-hybridized carbons (Fsp3) is 0.462. The number of carbonyl (C=O) groups is 1. The third-order valence-corrected chi connectivity index (χ3v) is 4.41. The Hall–Kier alpha value is -1.58. The molecule has 0 aliphatic carbocycles. The van der Waals surface area contributed by atoms with Crippen LogP contribution in [0.3, 0.4) is 0 Å². The number of likely N-dealkylation sites (N-methyl/N-ethyl adjacent to an activating group) is 2. The van der Waals surface area contributed by atoms with Crippen LogP contribution in [0.25, 0.3) is 0 Å². The normalized spacial score (nSPS) is 11.5. The number of nitrogens with zero attached hydrogens (tertiary/aromatic N) is 1. The molecule has 1 rings (SSSR count). The first-order valence-electron chi connectivity index (χ1n) is 6.61. The molecular weight excluding hydrogens is 316 g/mol. The Morgan fingerprint density at radius 1 is 1.23 bits per heavy atom. The van der Waals surface area contributed by atoms with Crippen molar-refractivity contribution in [2.24, 2.45) is 0 Å². The van der Waals surface area contributed by atoms with E-state index < -0.39 is 21.7 Å². The van der Waals surface area contributed by atoms with Crippen LogP contribution in [0.4, 0.5) is 8.78 Å². The van der Waals surface area contributed by atoms with Crippen molar-refractivity contribution in [3.63, 3.8) is 0 Å². The summed E-state index contributed by atoms with van der Waals surface area (Å²) in [4.78, 5) is 12.8. The van der Waals surface area contributed by atoms with E-state index in [-0.39, 0.29) is 23.8 Å². The minimum Gasteiger partial charge on any atom is -0.344 e. The zero-order valence-corrected chi connectivity index (χ0v) is 13.2. The third kappa shape index (κ3) is 5.32. The SMILES string of the molecule is CNCCN(C)C(=O)CCNS(=O)(=O)c1ccc(F)c(F)c1. The highest BCUT2D eigenvalue weighted by atomic mass is 32.2. The number of carbonyl (C=O) groups excluding carboxylic acids is 1. The number of amides is 1. The Morgan fingerprint density at radius 2 is 1.91 bits per heavy atom. The molecule has 0 unspecified atom stereocenters. The second-order valence-electron chi connectivity index (χ2n) is 4.64. The van der Waals surface area contributed by atoms with E-state index >= 15 is 0 Å². The van der Waals surface area contributed by atoms with Crippen molar-refractivity contribution in [2.45, 2.75) is 11.3 Å². The van der Waals surface area contributed by atoms with Gasteiger partial charge in [0.15, 0.2) is 11.6 Å². The number of nitrogens with one attached hydrogen (secondary N) is 2. The van der Waals surface area contributed by atoms with Crippen LogP contribution in [-0.2, 0) is 14.8 Å². The van der Waals surface area contributed by atoms with Crippen LogP contribution in [0.1, 0.15) is 6.42 Å². The second kappa shape index (κ2) is 8.16. The molecule has 0 spiro atoms. The van der Waals surface area contributed by atoms with Gasteiger partial charge in [-0.3, -0.25) is 4.79 Å². The molecule has 9 heteroatoms. The first kappa shape index (κ1) is 18.5. The summed E-state index contributed by atoms with van der Waals surface area (Å²) < 4.78 is 51.8. The number of sulfonamides is 1. The molecule has 0 radical (unpaired) electrons. The van der Waals surface area contributed by atoms with E-state index in [1.54, 1.807) is 14.1 Å². The fourth-order valence-corrected chi connectivity index (χ4v) is 2.66. The van der Waals surface area contributed by atoms with Crippen LogP contribution in [0.15, 0.2) is 23.1 Å². The molecule has 2 N–H and O–H groups in total. The lowest BCUT2D eigenvalue weighted by Crippen LogP contribution is -2.35. The van der Waals surface area contributed by atoms with E-state index in [0.29, 0.717) is 19.2 Å². The summed E-state index contributed by atoms with van der Waals surface area (Å²) in [6, 6.07) is 2.29. The minimum absolute atomic E-state index is 0.0247. The maximum absolute atomic E-state index is 13.1. The smallest absolute Gasteiger partial charge is 0.240 e. The first-order valence-corrected chi connectivity index (χ1v) is 8.09. The molecule has 0 saturated carbocycles. The number of halogens is 2. The van der Waals surface area contributed by atoms with Gasteiger partial charge in [0.1, 0.15) is 0 Å². The summed E-state index contributed by atoms with van der Waals surface area (Å²) >= 11 is 0. The van der Waals surface area contributed by atoms with Crippen LogP contribution < -0.4 is 10.0 Å². The lowest BCUT2D eigenvalue weighted by atomic mass is 10.3. The molecule has 0 bridgehead atoms. The molecule has 124 valence electrons. The van der Waals surface area contributed by atoms with Gasteiger partial charge in [-0.2, -0.15) is 0 Å². The van der Waals surface area contributed by atoms with Gasteiger partial charge in [-0.25, -0.2) is 21.9 Å². The lowest BCUT2D eigenvalue weighted by molar-refractivity contribution is -0.129. The van der Waals surface area contributed by atoms with Crippen molar-refractivity contribution in [2.75, 3.05) is 33.7 Å². The number of hydrogen-bond donors (Lipinski definition) is 2. The zero-order valence-electron chi connectivity index (χ0n) is 12.4. The number of benzene rings is 1. The summed E-state index contributed by atoms with van der Waals surface area (Å²) in [6.45, 7) is 1.01. The van der Waals surface area contributed by atoms with Gasteiger partial charge in [-0.1, -0.05) is 0 Å². The Bertz CT molecular complexity index is 623. The molecule has 1 aromatic carbocycles. The summed E-state index contributed by atoms with van der Waals surface area (Å²) in [6.07, 6.45) is -0.0247. The quantitative estimate of drug-likeness (QED) is 0.717. The van der Waals surface area contributed by atoms with E-state index in [4.69, 9.17) is 0 Å². The molecule has 0 saturated heterocycles. The highest BCUT2D eigenvalue weighted by Crippen LogP contribution is 2.13. The molecule has 22 heavy (non-hydrogen) atoms. The molecule has 0 aliphatic heterocycles. The van der Waals surface area contributed by atoms with Crippen LogP contribution >= 0.6 is 0 Å². The molecule has 0 aromatic heterocycles. The highest BCUT2D eigenvalue weighted by molar-refractivity contribution is 7.89. The fourth-order valence-electron chi connectivity index (χ4n) is 1.61. The van der Waals surface area contributed by atoms with Gasteiger partial charge in [-0.15, -0.1) is 0 Å². The largest absolute Gasteiger partial charge is 0.344 e. The van der Waals surface area contributed by atoms with Gasteiger partial charge in [0.05, 0.1) is 4.90 Å². The summed E-state index contributed by atoms with van der Waals surface area (Å²) in [5.41, 5.74) is 0. The molecule has 1 amide bonds. The summed E-state index contributed by atoms with van der Waals surface area (Å²) in [7, 11) is -0.605. The van der Waals surface area contributed by atoms with Crippen molar-refractivity contribution in [1.29, 1.82) is 0 Å². The molecule has 1 aromatic rings. The van der Waals surface area contributed by atoms with Crippen molar-refractivity contribution >= 4 is 15.9 Å². The summed E-state index contributed by atoms with van der Waals surface area (Å²) in [5, 5.41) is 2.89. The molecule has 0 heterocycles. The average Bonchev–Trinajstić information content (AvgIpc) is 2.47. The van der Waals surface area contributed by atoms with E-state index in [2.05, 4.69) is 10.0 Å². The number of hydrogen-bond acceptors (Lipinski definition) is 4. The topological polar surface area (TPSA) is 78.5 Å². The first-order chi connectivity index (χ1) is 10.3. The van der Waals surface area contributed by atoms with Crippen LogP contribution in [-0.4, -0.2) is 53.0 Å². The lowest BCUT2D eigenvalue weighted by Gasteiger charge is -2.17. The average molecular weight is 335 g/mol. The standard InChI is InChI=1S/C13H19F2N3O3S/c1-16-7-8-18(2)13(19)5-6-17-22(20,21)10-3-4-11(14)12(15)9-10/h3-4,9,16-17H,5-8H2,1-2H3. The Kier molecular flexibility index (Phi) is 6.85. The minimum atomic E-state index is -3.98. The van der Waals surface area contributed by atoms with Gasteiger partial charge < -0.3 is 10.2 Å². The highest BCUT2D eigenvalue weighted by Gasteiger charge is 2.17. The number of rotatable bonds is 8. The van der Waals surface area contributed by atoms with Gasteiger partial charge >= 0.3 is 0 Å². The van der Waals surface area contributed by atoms with E-state index in [1.165, 1.54) is 4.90 Å². The van der Waals surface area contributed by atoms with Gasteiger partial charge in [-0.05, 0) is 25.2 Å². The predicted octanol–water partition coefficient (Wildman–Crippen LogP) is 0.311. The van der Waals surface area contributed by atoms with Crippen LogP contribution in [0.2, 0.25) is 0 Å². The van der Waals surface area contributed by atoms with E-state index in [0.717, 1.165) is 12.1 Å². The van der Waals surface area contributed by atoms with Gasteiger partial charge in [0.25, 0.3) is 0 Å². The molecule has 0 aliphatic rings. The van der Waals surface area contributed by atoms with Crippen LogP contribution in [0, 0.1) is 11.6 Å². The van der Waals surface area contributed by atoms with Crippen molar-refractivity contribution in [1.82, 2.24) is 14.9 Å².